The molecule has 0 radical (unpaired) electrons. The molecule has 1 unspecified atom stereocenters. The van der Waals surface area contributed by atoms with E-state index in [1.807, 2.05) is 13.8 Å². The number of benzene rings is 1. The number of hydrogen-bond acceptors (Lipinski definition) is 2. The van der Waals surface area contributed by atoms with E-state index in [0.717, 1.165) is 42.7 Å². The van der Waals surface area contributed by atoms with Gasteiger partial charge in [0.2, 0.25) is 0 Å². The number of hydrogen-bond donors (Lipinski definition) is 2. The normalized spacial score (nSPS) is 18.6. The van der Waals surface area contributed by atoms with Gasteiger partial charge < -0.3 is 10.6 Å². The number of carbonyl (C=O) groups is 1. The Morgan fingerprint density at radius 1 is 1.26 bits per heavy atom. The van der Waals surface area contributed by atoms with E-state index in [4.69, 9.17) is 0 Å². The maximum atomic E-state index is 12.4. The van der Waals surface area contributed by atoms with Gasteiger partial charge in [0, 0.05) is 12.1 Å². The topological polar surface area (TPSA) is 41.1 Å². The van der Waals surface area contributed by atoms with Gasteiger partial charge >= 0.3 is 0 Å². The Labute approximate surface area is 115 Å². The molecular formula is C16H24N2O. The minimum Gasteiger partial charge on any atom is -0.352 e. The molecule has 0 saturated carbocycles. The molecule has 1 aliphatic heterocycles. The second-order valence-electron chi connectivity index (χ2n) is 5.70. The summed E-state index contributed by atoms with van der Waals surface area (Å²) in [6.45, 7) is 11.1. The zero-order valence-corrected chi connectivity index (χ0v) is 12.4. The highest BCUT2D eigenvalue weighted by atomic mass is 16.1. The Morgan fingerprint density at radius 3 is 2.42 bits per heavy atom. The Hall–Kier alpha value is -1.35. The van der Waals surface area contributed by atoms with Gasteiger partial charge in [-0.25, -0.2) is 0 Å². The Bertz CT molecular complexity index is 462. The van der Waals surface area contributed by atoms with Crippen molar-refractivity contribution < 1.29 is 4.79 Å². The first-order valence-electron chi connectivity index (χ1n) is 7.07. The zero-order valence-electron chi connectivity index (χ0n) is 12.4. The molecule has 2 N–H and O–H groups in total. The van der Waals surface area contributed by atoms with Crippen molar-refractivity contribution in [2.75, 3.05) is 19.6 Å². The minimum atomic E-state index is 0.0775. The summed E-state index contributed by atoms with van der Waals surface area (Å²) in [6.07, 6.45) is 1.16. The largest absolute Gasteiger partial charge is 0.352 e. The number of nitrogens with one attached hydrogen (secondary N) is 2. The summed E-state index contributed by atoms with van der Waals surface area (Å²) in [6, 6.07) is 2.16. The lowest BCUT2D eigenvalue weighted by atomic mass is 9.93. The summed E-state index contributed by atoms with van der Waals surface area (Å²) < 4.78 is 0. The molecule has 104 valence electrons. The smallest absolute Gasteiger partial charge is 0.251 e. The maximum absolute atomic E-state index is 12.4. The lowest BCUT2D eigenvalue weighted by molar-refractivity contribution is 0.0946. The molecule has 1 amide bonds. The molecule has 3 heteroatoms. The SMILES string of the molecule is Cc1cc(C)c(C)c(C(=O)NCC2CCNC2)c1C. The van der Waals surface area contributed by atoms with E-state index >= 15 is 0 Å². The van der Waals surface area contributed by atoms with Gasteiger partial charge in [-0.2, -0.15) is 0 Å². The third kappa shape index (κ3) is 2.98. The van der Waals surface area contributed by atoms with Crippen molar-refractivity contribution in [1.29, 1.82) is 0 Å². The lowest BCUT2D eigenvalue weighted by Crippen LogP contribution is -2.31. The Balaban J connectivity index is 2.14. The molecule has 1 atom stereocenters. The summed E-state index contributed by atoms with van der Waals surface area (Å²) in [4.78, 5) is 12.4. The second-order valence-corrected chi connectivity index (χ2v) is 5.70. The zero-order chi connectivity index (χ0) is 14.0. The summed E-state index contributed by atoms with van der Waals surface area (Å²) >= 11 is 0. The predicted molar refractivity (Wildman–Crippen MR) is 78.7 cm³/mol. The quantitative estimate of drug-likeness (QED) is 0.875. The molecule has 0 aliphatic carbocycles. The first-order valence-corrected chi connectivity index (χ1v) is 7.07. The van der Waals surface area contributed by atoms with Crippen molar-refractivity contribution in [2.24, 2.45) is 5.92 Å². The first kappa shape index (κ1) is 14.1. The van der Waals surface area contributed by atoms with Gasteiger partial charge in [-0.05, 0) is 75.4 Å². The van der Waals surface area contributed by atoms with Crippen LogP contribution >= 0.6 is 0 Å². The third-order valence-corrected chi connectivity index (χ3v) is 4.31. The first-order chi connectivity index (χ1) is 9.00. The van der Waals surface area contributed by atoms with E-state index in [2.05, 4.69) is 30.5 Å². The standard InChI is InChI=1S/C16H24N2O/c1-10-7-11(2)13(4)15(12(10)3)16(19)18-9-14-5-6-17-8-14/h7,14,17H,5-6,8-9H2,1-4H3,(H,18,19). The fourth-order valence-corrected chi connectivity index (χ4v) is 2.77. The van der Waals surface area contributed by atoms with Crippen molar-refractivity contribution in [3.05, 3.63) is 33.9 Å². The summed E-state index contributed by atoms with van der Waals surface area (Å²) in [5.74, 6) is 0.657. The molecule has 1 aliphatic rings. The van der Waals surface area contributed by atoms with Crippen LogP contribution in [0.25, 0.3) is 0 Å². The van der Waals surface area contributed by atoms with Gasteiger partial charge in [-0.15, -0.1) is 0 Å². The summed E-state index contributed by atoms with van der Waals surface area (Å²) in [5.41, 5.74) is 5.45. The van der Waals surface area contributed by atoms with E-state index in [1.165, 1.54) is 11.1 Å². The van der Waals surface area contributed by atoms with Gasteiger partial charge in [-0.3, -0.25) is 4.79 Å². The fraction of sp³-hybridized carbons (Fsp3) is 0.562. The number of aryl methyl sites for hydroxylation is 2. The highest BCUT2D eigenvalue weighted by Crippen LogP contribution is 2.21. The van der Waals surface area contributed by atoms with Crippen LogP contribution in [0.2, 0.25) is 0 Å². The highest BCUT2D eigenvalue weighted by molar-refractivity contribution is 5.97. The molecule has 1 heterocycles. The molecule has 0 spiro atoms. The monoisotopic (exact) mass is 260 g/mol. The van der Waals surface area contributed by atoms with Crippen molar-refractivity contribution in [1.82, 2.24) is 10.6 Å². The molecule has 0 bridgehead atoms. The van der Waals surface area contributed by atoms with Gasteiger partial charge in [0.15, 0.2) is 0 Å². The molecule has 1 aromatic rings. The fourth-order valence-electron chi connectivity index (χ4n) is 2.77. The Morgan fingerprint density at radius 2 is 1.89 bits per heavy atom. The average molecular weight is 260 g/mol. The molecule has 3 nitrogen and oxygen atoms in total. The van der Waals surface area contributed by atoms with Crippen molar-refractivity contribution in [3.8, 4) is 0 Å². The predicted octanol–water partition coefficient (Wildman–Crippen LogP) is 2.26. The highest BCUT2D eigenvalue weighted by Gasteiger charge is 2.19. The molecule has 2 rings (SSSR count). The van der Waals surface area contributed by atoms with Gasteiger partial charge in [0.1, 0.15) is 0 Å². The van der Waals surface area contributed by atoms with E-state index < -0.39 is 0 Å². The lowest BCUT2D eigenvalue weighted by Gasteiger charge is -2.16. The maximum Gasteiger partial charge on any atom is 0.251 e. The van der Waals surface area contributed by atoms with Crippen LogP contribution < -0.4 is 10.6 Å². The van der Waals surface area contributed by atoms with Crippen LogP contribution in [0.3, 0.4) is 0 Å². The Kier molecular flexibility index (Phi) is 4.25. The number of amides is 1. The van der Waals surface area contributed by atoms with E-state index in [1.54, 1.807) is 0 Å². The van der Waals surface area contributed by atoms with Crippen LogP contribution in [0, 0.1) is 33.6 Å². The van der Waals surface area contributed by atoms with E-state index in [9.17, 15) is 4.79 Å². The van der Waals surface area contributed by atoms with Crippen LogP contribution in [0.4, 0.5) is 0 Å². The van der Waals surface area contributed by atoms with Gasteiger partial charge in [-0.1, -0.05) is 6.07 Å². The van der Waals surface area contributed by atoms with Gasteiger partial charge in [0.25, 0.3) is 5.91 Å². The molecule has 0 aromatic heterocycles. The summed E-state index contributed by atoms with van der Waals surface area (Å²) in [7, 11) is 0. The van der Waals surface area contributed by atoms with Crippen LogP contribution in [0.5, 0.6) is 0 Å². The molecule has 19 heavy (non-hydrogen) atoms. The number of rotatable bonds is 3. The second kappa shape index (κ2) is 5.74. The van der Waals surface area contributed by atoms with Crippen molar-refractivity contribution in [3.63, 3.8) is 0 Å². The third-order valence-electron chi connectivity index (χ3n) is 4.31. The van der Waals surface area contributed by atoms with Crippen molar-refractivity contribution >= 4 is 5.91 Å². The van der Waals surface area contributed by atoms with Crippen LogP contribution in [-0.2, 0) is 0 Å². The molecule has 1 aromatic carbocycles. The van der Waals surface area contributed by atoms with Crippen LogP contribution in [0.1, 0.15) is 39.0 Å². The molecule has 1 fully saturated rings. The summed E-state index contributed by atoms with van der Waals surface area (Å²) in [5, 5.41) is 6.42. The van der Waals surface area contributed by atoms with E-state index in [-0.39, 0.29) is 5.91 Å². The van der Waals surface area contributed by atoms with E-state index in [0.29, 0.717) is 5.92 Å². The van der Waals surface area contributed by atoms with Crippen molar-refractivity contribution in [2.45, 2.75) is 34.1 Å². The average Bonchev–Trinajstić information content (AvgIpc) is 2.87. The molecular weight excluding hydrogens is 236 g/mol. The number of carbonyl (C=O) groups excluding carboxylic acids is 1. The minimum absolute atomic E-state index is 0.0775. The van der Waals surface area contributed by atoms with Crippen LogP contribution in [0.15, 0.2) is 6.07 Å². The van der Waals surface area contributed by atoms with Gasteiger partial charge in [0.05, 0.1) is 0 Å². The molecule has 1 saturated heterocycles. The van der Waals surface area contributed by atoms with Crippen LogP contribution in [-0.4, -0.2) is 25.5 Å².